The smallest absolute Gasteiger partial charge is 0.136 e. The second-order valence-corrected chi connectivity index (χ2v) is 13.4. The average molecular weight is 647 g/mol. The van der Waals surface area contributed by atoms with Gasteiger partial charge in [0.1, 0.15) is 11.5 Å². The third kappa shape index (κ3) is 4.08. The van der Waals surface area contributed by atoms with Crippen molar-refractivity contribution in [3.05, 3.63) is 164 Å². The summed E-state index contributed by atoms with van der Waals surface area (Å²) in [5.74, 6) is 1.54. The largest absolute Gasteiger partial charge is 0.456 e. The fourth-order valence-corrected chi connectivity index (χ4v) is 8.36. The third-order valence-corrected chi connectivity index (χ3v) is 10.7. The minimum atomic E-state index is 0.592. The van der Waals surface area contributed by atoms with Crippen molar-refractivity contribution in [1.82, 2.24) is 4.98 Å². The molecule has 0 radical (unpaired) electrons. The van der Waals surface area contributed by atoms with Crippen LogP contribution in [-0.4, -0.2) is 4.98 Å². The summed E-state index contributed by atoms with van der Waals surface area (Å²) in [7, 11) is 0. The van der Waals surface area contributed by atoms with Gasteiger partial charge in [-0.25, -0.2) is 0 Å². The maximum Gasteiger partial charge on any atom is 0.136 e. The molecule has 3 nitrogen and oxygen atoms in total. The molecule has 0 N–H and O–H groups in total. The molecule has 51 heavy (non-hydrogen) atoms. The van der Waals surface area contributed by atoms with E-state index in [2.05, 4.69) is 120 Å². The van der Waals surface area contributed by atoms with Crippen LogP contribution in [0.15, 0.2) is 158 Å². The Labute approximate surface area is 293 Å². The summed E-state index contributed by atoms with van der Waals surface area (Å²) in [4.78, 5) is 4.40. The lowest BCUT2D eigenvalue weighted by Crippen LogP contribution is -1.98. The van der Waals surface area contributed by atoms with Gasteiger partial charge in [-0.15, -0.1) is 0 Å². The lowest BCUT2D eigenvalue weighted by Gasteiger charge is -2.22. The maximum atomic E-state index is 9.43. The quantitative estimate of drug-likeness (QED) is 0.179. The SMILES string of the molecule is N#Cc1ccc2c(c1)Oc1cccc3c(-c4ccc5cc(-c6ccc7ccc8c(-c9cccnc9)ccc9ccc6c7c98)ccc5c4)ccc-2c13. The average Bonchev–Trinajstić information content (AvgIpc) is 3.19. The van der Waals surface area contributed by atoms with Crippen molar-refractivity contribution < 1.29 is 4.74 Å². The number of nitriles is 1. The van der Waals surface area contributed by atoms with Crippen molar-refractivity contribution >= 4 is 53.9 Å². The Morgan fingerprint density at radius 3 is 1.69 bits per heavy atom. The fourth-order valence-electron chi connectivity index (χ4n) is 8.36. The molecule has 1 aliphatic rings. The normalized spacial score (nSPS) is 12.1. The first-order valence-corrected chi connectivity index (χ1v) is 17.2. The van der Waals surface area contributed by atoms with E-state index in [4.69, 9.17) is 4.74 Å². The Morgan fingerprint density at radius 1 is 0.431 bits per heavy atom. The summed E-state index contributed by atoms with van der Waals surface area (Å²) in [5.41, 5.74) is 9.84. The topological polar surface area (TPSA) is 45.9 Å². The highest BCUT2D eigenvalue weighted by Crippen LogP contribution is 2.49. The Kier molecular flexibility index (Phi) is 5.73. The summed E-state index contributed by atoms with van der Waals surface area (Å²) in [6.07, 6.45) is 3.78. The second kappa shape index (κ2) is 10.5. The second-order valence-electron chi connectivity index (χ2n) is 13.4. The first-order valence-electron chi connectivity index (χ1n) is 17.2. The van der Waals surface area contributed by atoms with Gasteiger partial charge in [-0.05, 0) is 124 Å². The van der Waals surface area contributed by atoms with Crippen molar-refractivity contribution in [3.63, 3.8) is 0 Å². The predicted molar refractivity (Wildman–Crippen MR) is 209 cm³/mol. The van der Waals surface area contributed by atoms with E-state index in [1.807, 2.05) is 48.8 Å². The van der Waals surface area contributed by atoms with Gasteiger partial charge in [0.15, 0.2) is 0 Å². The van der Waals surface area contributed by atoms with Crippen molar-refractivity contribution in [1.29, 1.82) is 5.26 Å². The molecule has 9 aromatic carbocycles. The number of rotatable bonds is 3. The molecule has 10 aromatic rings. The van der Waals surface area contributed by atoms with E-state index in [1.165, 1.54) is 65.3 Å². The van der Waals surface area contributed by atoms with Crippen molar-refractivity contribution in [2.24, 2.45) is 0 Å². The van der Waals surface area contributed by atoms with Crippen LogP contribution in [0.3, 0.4) is 0 Å². The molecule has 0 saturated carbocycles. The van der Waals surface area contributed by atoms with Crippen molar-refractivity contribution in [2.75, 3.05) is 0 Å². The third-order valence-electron chi connectivity index (χ3n) is 10.7. The lowest BCUT2D eigenvalue weighted by molar-refractivity contribution is 0.487. The lowest BCUT2D eigenvalue weighted by atomic mass is 9.87. The molecule has 3 heteroatoms. The fraction of sp³-hybridized carbons (Fsp3) is 0. The van der Waals surface area contributed by atoms with E-state index in [1.54, 1.807) is 0 Å². The van der Waals surface area contributed by atoms with Gasteiger partial charge in [0.2, 0.25) is 0 Å². The molecule has 2 heterocycles. The van der Waals surface area contributed by atoms with Gasteiger partial charge in [-0.2, -0.15) is 5.26 Å². The van der Waals surface area contributed by atoms with Crippen LogP contribution < -0.4 is 4.74 Å². The van der Waals surface area contributed by atoms with Gasteiger partial charge in [-0.1, -0.05) is 103 Å². The number of pyridine rings is 1. The molecule has 0 atom stereocenters. The molecular weight excluding hydrogens is 621 g/mol. The molecule has 0 unspecified atom stereocenters. The van der Waals surface area contributed by atoms with E-state index in [0.717, 1.165) is 44.5 Å². The highest BCUT2D eigenvalue weighted by atomic mass is 16.5. The van der Waals surface area contributed by atoms with Gasteiger partial charge in [0, 0.05) is 28.9 Å². The monoisotopic (exact) mass is 646 g/mol. The molecular formula is C48H26N2O. The molecule has 1 aliphatic heterocycles. The summed E-state index contributed by atoms with van der Waals surface area (Å²) in [6.45, 7) is 0. The molecule has 0 spiro atoms. The van der Waals surface area contributed by atoms with Gasteiger partial charge >= 0.3 is 0 Å². The van der Waals surface area contributed by atoms with Crippen molar-refractivity contribution in [3.8, 4) is 62.1 Å². The van der Waals surface area contributed by atoms with E-state index in [0.29, 0.717) is 5.56 Å². The van der Waals surface area contributed by atoms with Crippen LogP contribution in [0.25, 0.3) is 98.4 Å². The number of aromatic nitrogens is 1. The highest BCUT2D eigenvalue weighted by Gasteiger charge is 2.22. The van der Waals surface area contributed by atoms with Gasteiger partial charge < -0.3 is 4.74 Å². The minimum Gasteiger partial charge on any atom is -0.456 e. The zero-order valence-corrected chi connectivity index (χ0v) is 27.3. The molecule has 0 aliphatic carbocycles. The Balaban J connectivity index is 1.03. The Morgan fingerprint density at radius 2 is 1.02 bits per heavy atom. The van der Waals surface area contributed by atoms with Gasteiger partial charge in [0.05, 0.1) is 11.6 Å². The van der Waals surface area contributed by atoms with E-state index in [-0.39, 0.29) is 0 Å². The molecule has 1 aromatic heterocycles. The summed E-state index contributed by atoms with van der Waals surface area (Å²) in [6, 6.07) is 54.4. The number of hydrogen-bond acceptors (Lipinski definition) is 3. The Bertz CT molecular complexity index is 3120. The summed E-state index contributed by atoms with van der Waals surface area (Å²) in [5, 5.41) is 21.7. The summed E-state index contributed by atoms with van der Waals surface area (Å²) >= 11 is 0. The van der Waals surface area contributed by atoms with Crippen LogP contribution in [0, 0.1) is 11.3 Å². The zero-order valence-electron chi connectivity index (χ0n) is 27.3. The van der Waals surface area contributed by atoms with Gasteiger partial charge in [-0.3, -0.25) is 4.98 Å². The number of benzene rings is 9. The van der Waals surface area contributed by atoms with Crippen LogP contribution in [0.1, 0.15) is 5.56 Å². The molecule has 0 bridgehead atoms. The van der Waals surface area contributed by atoms with Crippen LogP contribution in [0.2, 0.25) is 0 Å². The standard InChI is InChI=1S/C48H26N2O/c49-26-28-6-15-39-43-21-20-37(40-4-1-5-44(48(40)43)51-45(39)23-28)34-10-8-31-24-33(9-7-32(31)25-34)36-16-11-29-14-19-42-38(35-3-2-22-50-27-35)17-12-30-13-18-41(36)46(29)47(30)42/h1-25,27H. The minimum absolute atomic E-state index is 0.592. The van der Waals surface area contributed by atoms with Crippen molar-refractivity contribution in [2.45, 2.75) is 0 Å². The van der Waals surface area contributed by atoms with Crippen LogP contribution in [0.4, 0.5) is 0 Å². The summed E-state index contributed by atoms with van der Waals surface area (Å²) < 4.78 is 6.35. The highest BCUT2D eigenvalue weighted by molar-refractivity contribution is 6.27. The van der Waals surface area contributed by atoms with Crippen LogP contribution in [-0.2, 0) is 0 Å². The molecule has 0 amide bonds. The predicted octanol–water partition coefficient (Wildman–Crippen LogP) is 12.9. The van der Waals surface area contributed by atoms with Crippen LogP contribution >= 0.6 is 0 Å². The first kappa shape index (κ1) is 27.9. The number of ether oxygens (including phenoxy) is 1. The molecule has 0 saturated heterocycles. The Hall–Kier alpha value is -7.02. The zero-order chi connectivity index (χ0) is 33.6. The number of hydrogen-bond donors (Lipinski definition) is 0. The van der Waals surface area contributed by atoms with Crippen LogP contribution in [0.5, 0.6) is 11.5 Å². The van der Waals surface area contributed by atoms with E-state index < -0.39 is 0 Å². The maximum absolute atomic E-state index is 9.43. The molecule has 0 fully saturated rings. The van der Waals surface area contributed by atoms with Gasteiger partial charge in [0.25, 0.3) is 0 Å². The van der Waals surface area contributed by atoms with E-state index >= 15 is 0 Å². The molecule has 11 rings (SSSR count). The number of nitrogens with zero attached hydrogens (tertiary/aromatic N) is 2. The number of fused-ring (bicyclic) bond motifs is 3. The first-order chi connectivity index (χ1) is 25.2. The van der Waals surface area contributed by atoms with E-state index in [9.17, 15) is 5.26 Å². The molecule has 234 valence electrons.